The normalized spacial score (nSPS) is 24.6. The molecule has 1 fully saturated rings. The van der Waals surface area contributed by atoms with Gasteiger partial charge in [0.2, 0.25) is 5.91 Å². The van der Waals surface area contributed by atoms with Crippen molar-refractivity contribution >= 4 is 5.91 Å². The first-order chi connectivity index (χ1) is 8.21. The van der Waals surface area contributed by atoms with Gasteiger partial charge in [-0.3, -0.25) is 4.79 Å². The maximum Gasteiger partial charge on any atom is 0.236 e. The number of methoxy groups -OCH3 is 1. The Labute approximate surface area is 105 Å². The van der Waals surface area contributed by atoms with Crippen LogP contribution in [0.5, 0.6) is 0 Å². The molecule has 2 atom stereocenters. The van der Waals surface area contributed by atoms with Gasteiger partial charge in [-0.25, -0.2) is 0 Å². The third-order valence-electron chi connectivity index (χ3n) is 3.62. The van der Waals surface area contributed by atoms with Crippen LogP contribution in [-0.2, 0) is 9.53 Å². The highest BCUT2D eigenvalue weighted by atomic mass is 16.5. The zero-order valence-corrected chi connectivity index (χ0v) is 11.4. The average Bonchev–Trinajstić information content (AvgIpc) is 2.38. The number of nitrogens with zero attached hydrogens (tertiary/aromatic N) is 1. The fourth-order valence-electron chi connectivity index (χ4n) is 2.46. The van der Waals surface area contributed by atoms with Crippen molar-refractivity contribution in [2.45, 2.75) is 51.7 Å². The smallest absolute Gasteiger partial charge is 0.236 e. The van der Waals surface area contributed by atoms with Gasteiger partial charge in [0.05, 0.1) is 12.6 Å². The van der Waals surface area contributed by atoms with E-state index >= 15 is 0 Å². The molecule has 0 saturated heterocycles. The summed E-state index contributed by atoms with van der Waals surface area (Å²) in [4.78, 5) is 13.7. The molecule has 0 radical (unpaired) electrons. The van der Waals surface area contributed by atoms with Crippen molar-refractivity contribution in [3.8, 4) is 0 Å². The molecule has 1 saturated carbocycles. The number of hydrogen-bond acceptors (Lipinski definition) is 3. The third kappa shape index (κ3) is 4.64. The highest BCUT2D eigenvalue weighted by molar-refractivity contribution is 5.78. The first-order valence-corrected chi connectivity index (χ1v) is 6.75. The Morgan fingerprint density at radius 3 is 2.65 bits per heavy atom. The molecule has 0 spiro atoms. The van der Waals surface area contributed by atoms with Crippen molar-refractivity contribution in [3.05, 3.63) is 0 Å². The van der Waals surface area contributed by atoms with Gasteiger partial charge in [0.25, 0.3) is 0 Å². The van der Waals surface area contributed by atoms with E-state index in [1.807, 2.05) is 18.7 Å². The van der Waals surface area contributed by atoms with Crippen LogP contribution in [-0.4, -0.2) is 49.7 Å². The minimum Gasteiger partial charge on any atom is -0.381 e. The van der Waals surface area contributed by atoms with Crippen LogP contribution in [0.4, 0.5) is 0 Å². The summed E-state index contributed by atoms with van der Waals surface area (Å²) in [5.74, 6) is 0.203. The molecule has 0 bridgehead atoms. The summed E-state index contributed by atoms with van der Waals surface area (Å²) < 4.78 is 5.38. The second-order valence-electron chi connectivity index (χ2n) is 4.67. The highest BCUT2D eigenvalue weighted by Gasteiger charge is 2.22. The van der Waals surface area contributed by atoms with Crippen molar-refractivity contribution in [2.24, 2.45) is 0 Å². The number of likely N-dealkylation sites (N-methyl/N-ethyl adjacent to an activating group) is 1. The third-order valence-corrected chi connectivity index (χ3v) is 3.62. The van der Waals surface area contributed by atoms with Gasteiger partial charge in [-0.1, -0.05) is 0 Å². The Hall–Kier alpha value is -0.610. The van der Waals surface area contributed by atoms with Gasteiger partial charge >= 0.3 is 0 Å². The first kappa shape index (κ1) is 14.5. The van der Waals surface area contributed by atoms with Gasteiger partial charge in [0.1, 0.15) is 0 Å². The van der Waals surface area contributed by atoms with Crippen LogP contribution in [0.2, 0.25) is 0 Å². The van der Waals surface area contributed by atoms with Gasteiger partial charge < -0.3 is 15.0 Å². The minimum atomic E-state index is 0.203. The van der Waals surface area contributed by atoms with Crippen molar-refractivity contribution in [1.29, 1.82) is 0 Å². The lowest BCUT2D eigenvalue weighted by molar-refractivity contribution is -0.130. The van der Waals surface area contributed by atoms with Crippen LogP contribution in [0.1, 0.15) is 39.5 Å². The number of rotatable bonds is 6. The van der Waals surface area contributed by atoms with Crippen LogP contribution < -0.4 is 5.32 Å². The van der Waals surface area contributed by atoms with E-state index in [4.69, 9.17) is 4.74 Å². The molecule has 1 rings (SSSR count). The second-order valence-corrected chi connectivity index (χ2v) is 4.67. The first-order valence-electron chi connectivity index (χ1n) is 6.75. The van der Waals surface area contributed by atoms with Crippen molar-refractivity contribution < 1.29 is 9.53 Å². The Bertz CT molecular complexity index is 229. The molecule has 17 heavy (non-hydrogen) atoms. The van der Waals surface area contributed by atoms with Crippen LogP contribution >= 0.6 is 0 Å². The molecule has 0 aromatic carbocycles. The molecule has 0 aliphatic heterocycles. The highest BCUT2D eigenvalue weighted by Crippen LogP contribution is 2.20. The monoisotopic (exact) mass is 242 g/mol. The van der Waals surface area contributed by atoms with E-state index in [1.54, 1.807) is 7.11 Å². The number of hydrogen-bond donors (Lipinski definition) is 1. The Kier molecular flexibility index (Phi) is 6.52. The molecule has 1 aliphatic rings. The summed E-state index contributed by atoms with van der Waals surface area (Å²) in [5.41, 5.74) is 0. The van der Waals surface area contributed by atoms with Crippen molar-refractivity contribution in [3.63, 3.8) is 0 Å². The number of nitrogens with one attached hydrogen (secondary N) is 1. The van der Waals surface area contributed by atoms with E-state index in [0.717, 1.165) is 32.4 Å². The van der Waals surface area contributed by atoms with Crippen LogP contribution in [0, 0.1) is 0 Å². The number of amides is 1. The second kappa shape index (κ2) is 7.67. The zero-order chi connectivity index (χ0) is 12.7. The molecule has 4 heteroatoms. The molecule has 2 unspecified atom stereocenters. The summed E-state index contributed by atoms with van der Waals surface area (Å²) in [7, 11) is 1.77. The molecule has 0 aromatic rings. The average molecular weight is 242 g/mol. The number of carbonyl (C=O) groups excluding carboxylic acids is 1. The van der Waals surface area contributed by atoms with E-state index in [0.29, 0.717) is 18.7 Å². The fraction of sp³-hybridized carbons (Fsp3) is 0.923. The van der Waals surface area contributed by atoms with Gasteiger partial charge in [-0.15, -0.1) is 0 Å². The lowest BCUT2D eigenvalue weighted by Gasteiger charge is -2.29. The van der Waals surface area contributed by atoms with Crippen molar-refractivity contribution in [2.75, 3.05) is 26.7 Å². The summed E-state index contributed by atoms with van der Waals surface area (Å²) in [6.45, 7) is 6.08. The largest absolute Gasteiger partial charge is 0.381 e. The molecular formula is C13H26N2O2. The standard InChI is InChI=1S/C13H26N2O2/c1-4-15(5-2)13(16)10-14-11-7-6-8-12(9-11)17-3/h11-12,14H,4-10H2,1-3H3. The van der Waals surface area contributed by atoms with E-state index in [2.05, 4.69) is 5.32 Å². The summed E-state index contributed by atoms with van der Waals surface area (Å²) in [6, 6.07) is 0.438. The van der Waals surface area contributed by atoms with Crippen LogP contribution in [0.3, 0.4) is 0 Å². The Morgan fingerprint density at radius 1 is 1.35 bits per heavy atom. The maximum absolute atomic E-state index is 11.8. The van der Waals surface area contributed by atoms with Gasteiger partial charge in [0, 0.05) is 26.2 Å². The van der Waals surface area contributed by atoms with Gasteiger partial charge in [-0.2, -0.15) is 0 Å². The van der Waals surface area contributed by atoms with E-state index in [9.17, 15) is 4.79 Å². The number of carbonyl (C=O) groups is 1. The molecule has 1 N–H and O–H groups in total. The number of ether oxygens (including phenoxy) is 1. The van der Waals surface area contributed by atoms with Crippen LogP contribution in [0.15, 0.2) is 0 Å². The predicted molar refractivity (Wildman–Crippen MR) is 69.0 cm³/mol. The molecule has 0 heterocycles. The van der Waals surface area contributed by atoms with Crippen molar-refractivity contribution in [1.82, 2.24) is 10.2 Å². The minimum absolute atomic E-state index is 0.203. The zero-order valence-electron chi connectivity index (χ0n) is 11.4. The van der Waals surface area contributed by atoms with E-state index in [1.165, 1.54) is 6.42 Å². The topological polar surface area (TPSA) is 41.6 Å². The van der Waals surface area contributed by atoms with Gasteiger partial charge in [0.15, 0.2) is 0 Å². The molecule has 1 aliphatic carbocycles. The van der Waals surface area contributed by atoms with Crippen LogP contribution in [0.25, 0.3) is 0 Å². The molecule has 1 amide bonds. The SMILES string of the molecule is CCN(CC)C(=O)CNC1CCCC(OC)C1. The summed E-state index contributed by atoms with van der Waals surface area (Å²) in [5, 5.41) is 3.36. The van der Waals surface area contributed by atoms with E-state index in [-0.39, 0.29) is 5.91 Å². The Morgan fingerprint density at radius 2 is 2.06 bits per heavy atom. The molecule has 4 nitrogen and oxygen atoms in total. The summed E-state index contributed by atoms with van der Waals surface area (Å²) in [6.07, 6.45) is 4.90. The summed E-state index contributed by atoms with van der Waals surface area (Å²) >= 11 is 0. The maximum atomic E-state index is 11.8. The molecule has 0 aromatic heterocycles. The Balaban J connectivity index is 2.27. The van der Waals surface area contributed by atoms with E-state index < -0.39 is 0 Å². The van der Waals surface area contributed by atoms with Gasteiger partial charge in [-0.05, 0) is 39.5 Å². The predicted octanol–water partition coefficient (Wildman–Crippen LogP) is 1.40. The molecule has 100 valence electrons. The fourth-order valence-corrected chi connectivity index (χ4v) is 2.46. The lowest BCUT2D eigenvalue weighted by Crippen LogP contribution is -2.44. The quantitative estimate of drug-likeness (QED) is 0.765. The lowest BCUT2D eigenvalue weighted by atomic mass is 9.93. The molecular weight excluding hydrogens is 216 g/mol.